The summed E-state index contributed by atoms with van der Waals surface area (Å²) in [4.78, 5) is 12.0. The minimum absolute atomic E-state index is 0.0130. The molecule has 0 aliphatic rings. The molecule has 29 heavy (non-hydrogen) atoms. The molecule has 7 nitrogen and oxygen atoms in total. The summed E-state index contributed by atoms with van der Waals surface area (Å²) in [7, 11) is -3.67. The van der Waals surface area contributed by atoms with Gasteiger partial charge in [0.15, 0.2) is 0 Å². The Morgan fingerprint density at radius 1 is 0.966 bits per heavy atom. The van der Waals surface area contributed by atoms with Crippen molar-refractivity contribution < 1.29 is 22.7 Å². The first-order valence-electron chi connectivity index (χ1n) is 9.51. The van der Waals surface area contributed by atoms with E-state index in [-0.39, 0.29) is 23.8 Å². The van der Waals surface area contributed by atoms with E-state index in [0.717, 1.165) is 16.9 Å². The van der Waals surface area contributed by atoms with Crippen molar-refractivity contribution in [2.45, 2.75) is 32.1 Å². The summed E-state index contributed by atoms with van der Waals surface area (Å²) in [5, 5.41) is 2.72. The Labute approximate surface area is 172 Å². The van der Waals surface area contributed by atoms with E-state index in [1.165, 1.54) is 12.1 Å². The average Bonchev–Trinajstić information content (AvgIpc) is 2.67. The molecule has 0 bridgehead atoms. The molecule has 0 heterocycles. The van der Waals surface area contributed by atoms with Gasteiger partial charge in [-0.3, -0.25) is 4.79 Å². The number of carbonyl (C=O) groups is 1. The smallest absolute Gasteiger partial charge is 0.240 e. The zero-order valence-electron chi connectivity index (χ0n) is 17.0. The Morgan fingerprint density at radius 3 is 2.24 bits per heavy atom. The second-order valence-corrected chi connectivity index (χ2v) is 8.24. The molecule has 0 unspecified atom stereocenters. The molecule has 2 N–H and O–H groups in total. The minimum atomic E-state index is -3.67. The van der Waals surface area contributed by atoms with Gasteiger partial charge in [-0.05, 0) is 56.2 Å². The highest BCUT2D eigenvalue weighted by atomic mass is 32.2. The van der Waals surface area contributed by atoms with Crippen molar-refractivity contribution in [3.05, 3.63) is 53.6 Å². The topological polar surface area (TPSA) is 93.7 Å². The number of aryl methyl sites for hydroxylation is 2. The predicted molar refractivity (Wildman–Crippen MR) is 112 cm³/mol. The molecule has 0 aromatic heterocycles. The van der Waals surface area contributed by atoms with Crippen LogP contribution in [0, 0.1) is 13.8 Å². The van der Waals surface area contributed by atoms with E-state index in [0.29, 0.717) is 25.5 Å². The van der Waals surface area contributed by atoms with Crippen LogP contribution in [0.4, 0.5) is 0 Å². The summed E-state index contributed by atoms with van der Waals surface area (Å²) < 4.78 is 38.0. The standard InChI is InChI=1S/C21H28N2O5S/c1-4-27-18-8-10-19(11-9-18)29(25,26)23-13-12-20(24)22-14-15-28-21-16(2)6-5-7-17(21)3/h5-11,23H,4,12-15H2,1-3H3,(H,22,24). The van der Waals surface area contributed by atoms with Crippen LogP contribution in [-0.2, 0) is 14.8 Å². The molecule has 2 aromatic carbocycles. The van der Waals surface area contributed by atoms with Gasteiger partial charge in [-0.2, -0.15) is 0 Å². The van der Waals surface area contributed by atoms with E-state index in [4.69, 9.17) is 9.47 Å². The third kappa shape index (κ3) is 7.07. The summed E-state index contributed by atoms with van der Waals surface area (Å²) in [6.45, 7) is 7.00. The first kappa shape index (κ1) is 22.7. The normalized spacial score (nSPS) is 11.1. The van der Waals surface area contributed by atoms with Crippen LogP contribution >= 0.6 is 0 Å². The number of hydrogen-bond donors (Lipinski definition) is 2. The van der Waals surface area contributed by atoms with E-state index in [1.807, 2.05) is 39.0 Å². The molecule has 0 aliphatic carbocycles. The van der Waals surface area contributed by atoms with Gasteiger partial charge in [0.1, 0.15) is 18.1 Å². The predicted octanol–water partition coefficient (Wildman–Crippen LogP) is 2.57. The molecule has 158 valence electrons. The summed E-state index contributed by atoms with van der Waals surface area (Å²) in [6, 6.07) is 12.0. The monoisotopic (exact) mass is 420 g/mol. The lowest BCUT2D eigenvalue weighted by molar-refractivity contribution is -0.121. The van der Waals surface area contributed by atoms with Gasteiger partial charge < -0.3 is 14.8 Å². The second kappa shape index (κ2) is 10.8. The van der Waals surface area contributed by atoms with Crippen LogP contribution < -0.4 is 19.5 Å². The van der Waals surface area contributed by atoms with Gasteiger partial charge in [0.2, 0.25) is 15.9 Å². The highest BCUT2D eigenvalue weighted by Crippen LogP contribution is 2.21. The number of ether oxygens (including phenoxy) is 2. The van der Waals surface area contributed by atoms with Crippen molar-refractivity contribution >= 4 is 15.9 Å². The molecule has 2 aromatic rings. The Bertz CT molecular complexity index is 891. The van der Waals surface area contributed by atoms with Crippen LogP contribution in [0.1, 0.15) is 24.5 Å². The van der Waals surface area contributed by atoms with E-state index < -0.39 is 10.0 Å². The lowest BCUT2D eigenvalue weighted by atomic mass is 10.1. The number of sulfonamides is 1. The molecule has 0 radical (unpaired) electrons. The van der Waals surface area contributed by atoms with E-state index >= 15 is 0 Å². The Balaban J connectivity index is 1.70. The van der Waals surface area contributed by atoms with Gasteiger partial charge in [-0.1, -0.05) is 18.2 Å². The van der Waals surface area contributed by atoms with Crippen molar-refractivity contribution in [1.82, 2.24) is 10.0 Å². The molecule has 0 saturated heterocycles. The van der Waals surface area contributed by atoms with E-state index in [1.54, 1.807) is 12.1 Å². The largest absolute Gasteiger partial charge is 0.494 e. The molecule has 2 rings (SSSR count). The van der Waals surface area contributed by atoms with Crippen molar-refractivity contribution in [2.75, 3.05) is 26.3 Å². The Hall–Kier alpha value is -2.58. The number of carbonyl (C=O) groups excluding carboxylic acids is 1. The first-order chi connectivity index (χ1) is 13.8. The summed E-state index contributed by atoms with van der Waals surface area (Å²) in [5.74, 6) is 1.18. The number of rotatable bonds is 11. The van der Waals surface area contributed by atoms with Gasteiger partial charge in [0.05, 0.1) is 18.0 Å². The van der Waals surface area contributed by atoms with Crippen LogP contribution in [0.3, 0.4) is 0 Å². The lowest BCUT2D eigenvalue weighted by Crippen LogP contribution is -2.32. The average molecular weight is 421 g/mol. The highest BCUT2D eigenvalue weighted by molar-refractivity contribution is 7.89. The van der Waals surface area contributed by atoms with Crippen molar-refractivity contribution in [3.8, 4) is 11.5 Å². The van der Waals surface area contributed by atoms with Gasteiger partial charge in [0.25, 0.3) is 0 Å². The van der Waals surface area contributed by atoms with Gasteiger partial charge in [0, 0.05) is 13.0 Å². The number of benzene rings is 2. The summed E-state index contributed by atoms with van der Waals surface area (Å²) >= 11 is 0. The fourth-order valence-corrected chi connectivity index (χ4v) is 3.75. The highest BCUT2D eigenvalue weighted by Gasteiger charge is 2.14. The van der Waals surface area contributed by atoms with Gasteiger partial charge in [-0.15, -0.1) is 0 Å². The first-order valence-corrected chi connectivity index (χ1v) is 11.0. The van der Waals surface area contributed by atoms with Crippen molar-refractivity contribution in [2.24, 2.45) is 0 Å². The lowest BCUT2D eigenvalue weighted by Gasteiger charge is -2.12. The van der Waals surface area contributed by atoms with Gasteiger partial charge >= 0.3 is 0 Å². The number of amides is 1. The van der Waals surface area contributed by atoms with Crippen LogP contribution in [-0.4, -0.2) is 40.6 Å². The molecule has 0 fully saturated rings. The molecule has 0 aliphatic heterocycles. The number of nitrogens with one attached hydrogen (secondary N) is 2. The van der Waals surface area contributed by atoms with E-state index in [9.17, 15) is 13.2 Å². The van der Waals surface area contributed by atoms with E-state index in [2.05, 4.69) is 10.0 Å². The molecule has 8 heteroatoms. The summed E-state index contributed by atoms with van der Waals surface area (Å²) in [6.07, 6.45) is 0.0413. The molecule has 0 spiro atoms. The fraction of sp³-hybridized carbons (Fsp3) is 0.381. The molecule has 1 amide bonds. The maximum absolute atomic E-state index is 12.3. The third-order valence-electron chi connectivity index (χ3n) is 4.17. The summed E-state index contributed by atoms with van der Waals surface area (Å²) in [5.41, 5.74) is 2.08. The SMILES string of the molecule is CCOc1ccc(S(=O)(=O)NCCC(=O)NCCOc2c(C)cccc2C)cc1. The molecule has 0 atom stereocenters. The quantitative estimate of drug-likeness (QED) is 0.545. The second-order valence-electron chi connectivity index (χ2n) is 6.47. The van der Waals surface area contributed by atoms with Gasteiger partial charge in [-0.25, -0.2) is 13.1 Å². The maximum Gasteiger partial charge on any atom is 0.240 e. The fourth-order valence-electron chi connectivity index (χ4n) is 2.72. The molecular weight excluding hydrogens is 392 g/mol. The molecule has 0 saturated carbocycles. The van der Waals surface area contributed by atoms with Crippen molar-refractivity contribution in [3.63, 3.8) is 0 Å². The van der Waals surface area contributed by atoms with Crippen LogP contribution in [0.15, 0.2) is 47.4 Å². The Kier molecular flexibility index (Phi) is 8.48. The zero-order valence-corrected chi connectivity index (χ0v) is 17.8. The zero-order chi connectivity index (χ0) is 21.3. The van der Waals surface area contributed by atoms with Crippen molar-refractivity contribution in [1.29, 1.82) is 0 Å². The third-order valence-corrected chi connectivity index (χ3v) is 5.65. The maximum atomic E-state index is 12.3. The van der Waals surface area contributed by atoms with Crippen LogP contribution in [0.2, 0.25) is 0 Å². The Morgan fingerprint density at radius 2 is 1.62 bits per heavy atom. The van der Waals surface area contributed by atoms with Crippen LogP contribution in [0.25, 0.3) is 0 Å². The minimum Gasteiger partial charge on any atom is -0.494 e. The molecular formula is C21H28N2O5S. The number of hydrogen-bond acceptors (Lipinski definition) is 5. The number of para-hydroxylation sites is 1. The van der Waals surface area contributed by atoms with Crippen LogP contribution in [0.5, 0.6) is 11.5 Å².